The number of nitrogens with zero attached hydrogens (tertiary/aromatic N) is 1. The van der Waals surface area contributed by atoms with Gasteiger partial charge in [-0.15, -0.1) is 0 Å². The fourth-order valence-electron chi connectivity index (χ4n) is 4.88. The second kappa shape index (κ2) is 7.69. The van der Waals surface area contributed by atoms with Crippen LogP contribution in [0.15, 0.2) is 54.6 Å². The summed E-state index contributed by atoms with van der Waals surface area (Å²) in [5.74, 6) is 0.119. The van der Waals surface area contributed by atoms with E-state index in [1.54, 1.807) is 0 Å². The summed E-state index contributed by atoms with van der Waals surface area (Å²) in [5, 5.41) is 0. The fourth-order valence-corrected chi connectivity index (χ4v) is 4.88. The number of ether oxygens (including phenoxy) is 1. The number of methoxy groups -OCH3 is 1. The Labute approximate surface area is 161 Å². The van der Waals surface area contributed by atoms with Gasteiger partial charge in [-0.2, -0.15) is 0 Å². The lowest BCUT2D eigenvalue weighted by atomic mass is 9.76. The van der Waals surface area contributed by atoms with Crippen LogP contribution in [0, 0.1) is 5.92 Å². The van der Waals surface area contributed by atoms with Crippen LogP contribution in [-0.2, 0) is 9.53 Å². The summed E-state index contributed by atoms with van der Waals surface area (Å²) in [5.41, 5.74) is 3.62. The monoisotopic (exact) mass is 361 g/mol. The number of carbonyl (C=O) groups is 1. The summed E-state index contributed by atoms with van der Waals surface area (Å²) in [7, 11) is 3.67. The van der Waals surface area contributed by atoms with Gasteiger partial charge in [0.2, 0.25) is 0 Å². The highest BCUT2D eigenvalue weighted by Crippen LogP contribution is 2.46. The molecule has 27 heavy (non-hydrogen) atoms. The van der Waals surface area contributed by atoms with Gasteiger partial charge >= 0.3 is 5.97 Å². The number of benzene rings is 2. The van der Waals surface area contributed by atoms with Crippen LogP contribution in [0.4, 0.5) is 0 Å². The molecule has 2 aromatic rings. The molecule has 2 saturated heterocycles. The lowest BCUT2D eigenvalue weighted by Gasteiger charge is -2.41. The third-order valence-corrected chi connectivity index (χ3v) is 6.37. The standard InChI is InChI=1S/C24H27NO2/c1-25-20-14-15-22(25)23(24(26)27-2)21(16-20)19-12-10-18(11-13-19)9-8-17-6-4-3-5-7-17/h3-13,20-23H,14-16H2,1-2H3/b9-8+/t20-,21+,22+,23-/m0/s1. The minimum Gasteiger partial charge on any atom is -0.469 e. The van der Waals surface area contributed by atoms with Crippen molar-refractivity contribution in [3.8, 4) is 0 Å². The molecule has 4 atom stereocenters. The van der Waals surface area contributed by atoms with E-state index in [0.717, 1.165) is 12.8 Å². The van der Waals surface area contributed by atoms with Gasteiger partial charge in [-0.1, -0.05) is 66.7 Å². The van der Waals surface area contributed by atoms with Gasteiger partial charge in [0.25, 0.3) is 0 Å². The quantitative estimate of drug-likeness (QED) is 0.589. The largest absolute Gasteiger partial charge is 0.469 e. The van der Waals surface area contributed by atoms with Crippen LogP contribution >= 0.6 is 0 Å². The maximum Gasteiger partial charge on any atom is 0.310 e. The molecule has 0 amide bonds. The molecular formula is C24H27NO2. The Morgan fingerprint density at radius 3 is 2.33 bits per heavy atom. The smallest absolute Gasteiger partial charge is 0.310 e. The summed E-state index contributed by atoms with van der Waals surface area (Å²) in [6.07, 6.45) is 7.57. The first-order chi connectivity index (χ1) is 13.2. The lowest BCUT2D eigenvalue weighted by molar-refractivity contribution is -0.150. The molecule has 2 aliphatic rings. The molecule has 2 aliphatic heterocycles. The Hall–Kier alpha value is -2.39. The molecule has 140 valence electrons. The number of rotatable bonds is 4. The van der Waals surface area contributed by atoms with Crippen molar-refractivity contribution >= 4 is 18.1 Å². The van der Waals surface area contributed by atoms with E-state index in [-0.39, 0.29) is 17.8 Å². The van der Waals surface area contributed by atoms with E-state index in [1.165, 1.54) is 30.2 Å². The summed E-state index contributed by atoms with van der Waals surface area (Å²) >= 11 is 0. The molecule has 0 saturated carbocycles. The zero-order valence-corrected chi connectivity index (χ0v) is 16.0. The van der Waals surface area contributed by atoms with E-state index in [4.69, 9.17) is 4.74 Å². The average Bonchev–Trinajstić information content (AvgIpc) is 2.95. The zero-order chi connectivity index (χ0) is 18.8. The Bertz CT molecular complexity index is 812. The molecule has 2 fully saturated rings. The first kappa shape index (κ1) is 18.0. The van der Waals surface area contributed by atoms with Gasteiger partial charge in [-0.05, 0) is 43.0 Å². The third-order valence-electron chi connectivity index (χ3n) is 6.37. The van der Waals surface area contributed by atoms with E-state index < -0.39 is 0 Å². The van der Waals surface area contributed by atoms with Crippen molar-refractivity contribution in [3.63, 3.8) is 0 Å². The van der Waals surface area contributed by atoms with Gasteiger partial charge in [0.15, 0.2) is 0 Å². The van der Waals surface area contributed by atoms with Crippen molar-refractivity contribution in [1.82, 2.24) is 4.90 Å². The number of hydrogen-bond donors (Lipinski definition) is 0. The van der Waals surface area contributed by atoms with Gasteiger partial charge in [0, 0.05) is 18.0 Å². The first-order valence-electron chi connectivity index (χ1n) is 9.80. The van der Waals surface area contributed by atoms with Crippen LogP contribution < -0.4 is 0 Å². The molecule has 0 aliphatic carbocycles. The second-order valence-electron chi connectivity index (χ2n) is 7.77. The SMILES string of the molecule is COC(=O)[C@H]1[C@@H](c2ccc(/C=C/c3ccccc3)cc2)C[C@@H]2CC[C@H]1N2C. The van der Waals surface area contributed by atoms with Gasteiger partial charge in [-0.3, -0.25) is 9.69 Å². The van der Waals surface area contributed by atoms with E-state index in [2.05, 4.69) is 60.5 Å². The van der Waals surface area contributed by atoms with Crippen LogP contribution in [0.2, 0.25) is 0 Å². The maximum absolute atomic E-state index is 12.6. The number of fused-ring (bicyclic) bond motifs is 2. The predicted molar refractivity (Wildman–Crippen MR) is 109 cm³/mol. The molecule has 0 aromatic heterocycles. The molecule has 0 unspecified atom stereocenters. The fraction of sp³-hybridized carbons (Fsp3) is 0.375. The molecule has 0 spiro atoms. The summed E-state index contributed by atoms with van der Waals surface area (Å²) in [6, 6.07) is 19.9. The number of hydrogen-bond acceptors (Lipinski definition) is 3. The number of esters is 1. The molecule has 0 radical (unpaired) electrons. The summed E-state index contributed by atoms with van der Waals surface area (Å²) in [4.78, 5) is 14.9. The average molecular weight is 361 g/mol. The van der Waals surface area contributed by atoms with Gasteiger partial charge in [0.05, 0.1) is 13.0 Å². The summed E-state index contributed by atoms with van der Waals surface area (Å²) in [6.45, 7) is 0. The molecule has 2 aromatic carbocycles. The van der Waals surface area contributed by atoms with Crippen molar-refractivity contribution < 1.29 is 9.53 Å². The van der Waals surface area contributed by atoms with Crippen molar-refractivity contribution in [2.45, 2.75) is 37.3 Å². The minimum atomic E-state index is -0.0653. The Morgan fingerprint density at radius 2 is 1.67 bits per heavy atom. The van der Waals surface area contributed by atoms with Crippen LogP contribution in [0.25, 0.3) is 12.2 Å². The van der Waals surface area contributed by atoms with Gasteiger partial charge < -0.3 is 4.74 Å². The van der Waals surface area contributed by atoms with E-state index in [9.17, 15) is 4.79 Å². The van der Waals surface area contributed by atoms with Crippen LogP contribution in [0.1, 0.15) is 41.9 Å². The van der Waals surface area contributed by atoms with E-state index >= 15 is 0 Å². The highest BCUT2D eigenvalue weighted by Gasteiger charge is 2.49. The molecule has 2 bridgehead atoms. The lowest BCUT2D eigenvalue weighted by Crippen LogP contribution is -2.49. The Kier molecular flexibility index (Phi) is 5.13. The number of piperidine rings is 1. The van der Waals surface area contributed by atoms with Crippen LogP contribution in [0.3, 0.4) is 0 Å². The minimum absolute atomic E-state index is 0.0646. The second-order valence-corrected chi connectivity index (χ2v) is 7.77. The van der Waals surface area contributed by atoms with Gasteiger partial charge in [0.1, 0.15) is 0 Å². The van der Waals surface area contributed by atoms with Crippen molar-refractivity contribution in [3.05, 3.63) is 71.3 Å². The normalized spacial score (nSPS) is 27.8. The molecule has 0 N–H and O–H groups in total. The summed E-state index contributed by atoms with van der Waals surface area (Å²) < 4.78 is 5.17. The predicted octanol–water partition coefficient (Wildman–Crippen LogP) is 4.60. The third kappa shape index (κ3) is 3.57. The zero-order valence-electron chi connectivity index (χ0n) is 16.0. The Morgan fingerprint density at radius 1 is 1.00 bits per heavy atom. The van der Waals surface area contributed by atoms with Crippen LogP contribution in [-0.4, -0.2) is 37.1 Å². The molecule has 2 heterocycles. The Balaban J connectivity index is 1.55. The highest BCUT2D eigenvalue weighted by molar-refractivity contribution is 5.75. The maximum atomic E-state index is 12.6. The molecule has 4 rings (SSSR count). The van der Waals surface area contributed by atoms with Crippen molar-refractivity contribution in [2.24, 2.45) is 5.92 Å². The van der Waals surface area contributed by atoms with Crippen LogP contribution in [0.5, 0.6) is 0 Å². The van der Waals surface area contributed by atoms with E-state index in [1.807, 2.05) is 18.2 Å². The topological polar surface area (TPSA) is 29.5 Å². The number of carbonyl (C=O) groups excluding carboxylic acids is 1. The molecular weight excluding hydrogens is 334 g/mol. The van der Waals surface area contributed by atoms with Gasteiger partial charge in [-0.25, -0.2) is 0 Å². The van der Waals surface area contributed by atoms with E-state index in [0.29, 0.717) is 12.1 Å². The molecule has 3 nitrogen and oxygen atoms in total. The highest BCUT2D eigenvalue weighted by atomic mass is 16.5. The molecule has 3 heteroatoms. The first-order valence-corrected chi connectivity index (χ1v) is 9.80. The van der Waals surface area contributed by atoms with Crippen molar-refractivity contribution in [1.29, 1.82) is 0 Å². The van der Waals surface area contributed by atoms with Crippen molar-refractivity contribution in [2.75, 3.05) is 14.2 Å².